The molecule has 3 aromatic carbocycles. The molecule has 5 rings (SSSR count). The third kappa shape index (κ3) is 4.83. The number of anilines is 1. The van der Waals surface area contributed by atoms with Crippen molar-refractivity contribution in [3.05, 3.63) is 89.2 Å². The number of nitrogens with zero attached hydrogens (tertiary/aromatic N) is 1. The molecule has 180 valence electrons. The van der Waals surface area contributed by atoms with Gasteiger partial charge in [0.05, 0.1) is 37.4 Å². The fourth-order valence-corrected chi connectivity index (χ4v) is 6.09. The highest BCUT2D eigenvalue weighted by molar-refractivity contribution is 7.99. The summed E-state index contributed by atoms with van der Waals surface area (Å²) in [5.41, 5.74) is 2.11. The highest BCUT2D eigenvalue weighted by Crippen LogP contribution is 2.42. The Hall–Kier alpha value is -3.16. The second-order valence-corrected chi connectivity index (χ2v) is 10.2. The number of rotatable bonds is 6. The number of amides is 2. The molecule has 7 heteroatoms. The van der Waals surface area contributed by atoms with Gasteiger partial charge < -0.3 is 15.1 Å². The summed E-state index contributed by atoms with van der Waals surface area (Å²) in [6, 6.07) is 19.8. The van der Waals surface area contributed by atoms with Gasteiger partial charge in [-0.05, 0) is 43.3 Å². The summed E-state index contributed by atoms with van der Waals surface area (Å²) in [5, 5.41) is 3.10. The zero-order valence-electron chi connectivity index (χ0n) is 19.7. The average molecular weight is 491 g/mol. The number of benzene rings is 3. The number of likely N-dealkylation sites (tertiary alicyclic amines) is 1. The first-order chi connectivity index (χ1) is 17.0. The van der Waals surface area contributed by atoms with Crippen molar-refractivity contribution in [2.75, 3.05) is 24.5 Å². The second kappa shape index (κ2) is 10.2. The molecule has 2 aliphatic rings. The van der Waals surface area contributed by atoms with Crippen LogP contribution in [0.2, 0.25) is 0 Å². The van der Waals surface area contributed by atoms with E-state index in [1.807, 2.05) is 24.3 Å². The summed E-state index contributed by atoms with van der Waals surface area (Å²) in [5.74, 6) is -0.721. The van der Waals surface area contributed by atoms with Crippen LogP contribution in [0.3, 0.4) is 0 Å². The highest BCUT2D eigenvalue weighted by Gasteiger charge is 2.30. The molecule has 0 radical (unpaired) electrons. The molecule has 0 aliphatic carbocycles. The molecule has 2 atom stereocenters. The molecule has 0 aromatic heterocycles. The minimum Gasteiger partial charge on any atom is -0.346 e. The van der Waals surface area contributed by atoms with Gasteiger partial charge >= 0.3 is 0 Å². The number of hydrogen-bond acceptors (Lipinski definition) is 3. The van der Waals surface area contributed by atoms with Crippen LogP contribution in [0.25, 0.3) is 0 Å². The average Bonchev–Trinajstić information content (AvgIpc) is 3.30. The quantitative estimate of drug-likeness (QED) is 0.551. The third-order valence-electron chi connectivity index (χ3n) is 6.97. The summed E-state index contributed by atoms with van der Waals surface area (Å²) >= 11 is 1.49. The summed E-state index contributed by atoms with van der Waals surface area (Å²) in [6.07, 6.45) is 2.31. The van der Waals surface area contributed by atoms with Crippen molar-refractivity contribution >= 4 is 29.3 Å². The predicted molar refractivity (Wildman–Crippen MR) is 136 cm³/mol. The van der Waals surface area contributed by atoms with Gasteiger partial charge in [-0.1, -0.05) is 42.1 Å². The van der Waals surface area contributed by atoms with Gasteiger partial charge in [0.2, 0.25) is 0 Å². The minimum atomic E-state index is -0.361. The largest absolute Gasteiger partial charge is 0.346 e. The molecule has 0 saturated carbocycles. The molecule has 0 spiro atoms. The lowest BCUT2D eigenvalue weighted by molar-refractivity contribution is -0.909. The van der Waals surface area contributed by atoms with Crippen LogP contribution in [0.15, 0.2) is 76.5 Å². The van der Waals surface area contributed by atoms with Crippen molar-refractivity contribution in [1.82, 2.24) is 5.32 Å². The van der Waals surface area contributed by atoms with Gasteiger partial charge in [-0.2, -0.15) is 0 Å². The van der Waals surface area contributed by atoms with E-state index in [-0.39, 0.29) is 24.2 Å². The molecule has 2 N–H and O–H groups in total. The number of nitrogens with one attached hydrogen (secondary N) is 2. The van der Waals surface area contributed by atoms with Crippen molar-refractivity contribution in [2.24, 2.45) is 0 Å². The first kappa shape index (κ1) is 23.6. The lowest BCUT2D eigenvalue weighted by Crippen LogP contribution is -3.14. The molecule has 1 fully saturated rings. The zero-order valence-corrected chi connectivity index (χ0v) is 20.5. The lowest BCUT2D eigenvalue weighted by Gasteiger charge is -2.24. The second-order valence-electron chi connectivity index (χ2n) is 9.07. The maximum atomic E-state index is 14.6. The Kier molecular flexibility index (Phi) is 6.88. The van der Waals surface area contributed by atoms with Crippen LogP contribution in [0, 0.1) is 5.82 Å². The van der Waals surface area contributed by atoms with Gasteiger partial charge in [-0.15, -0.1) is 0 Å². The van der Waals surface area contributed by atoms with Crippen LogP contribution in [-0.4, -0.2) is 37.5 Å². The topological polar surface area (TPSA) is 53.9 Å². The van der Waals surface area contributed by atoms with E-state index in [9.17, 15) is 14.0 Å². The summed E-state index contributed by atoms with van der Waals surface area (Å²) in [6.45, 7) is 5.11. The van der Waals surface area contributed by atoms with Crippen LogP contribution in [0.5, 0.6) is 0 Å². The van der Waals surface area contributed by atoms with Gasteiger partial charge in [0, 0.05) is 33.8 Å². The molecule has 2 unspecified atom stereocenters. The number of carbonyl (C=O) groups excluding carboxylic acids is 2. The number of carbonyl (C=O) groups is 2. The van der Waals surface area contributed by atoms with Crippen molar-refractivity contribution in [3.8, 4) is 0 Å². The van der Waals surface area contributed by atoms with E-state index in [0.717, 1.165) is 29.3 Å². The standard InChI is InChI=1S/C28H28FN3O2S/c1-2-31-15-7-9-21(31)17-30-27(33)19-13-14-26-24(16-19)32(18-20-8-3-5-11-23(20)29)28(34)22-10-4-6-12-25(22)35-26/h3-6,8,10-14,16,21H,2,7,9,15,17-18H2,1H3,(H,30,33)/p+1. The van der Waals surface area contributed by atoms with Crippen LogP contribution >= 0.6 is 11.8 Å². The van der Waals surface area contributed by atoms with E-state index in [4.69, 9.17) is 0 Å². The maximum absolute atomic E-state index is 14.6. The lowest BCUT2D eigenvalue weighted by atomic mass is 10.1. The third-order valence-corrected chi connectivity index (χ3v) is 8.11. The van der Waals surface area contributed by atoms with Gasteiger partial charge in [0.1, 0.15) is 11.9 Å². The molecule has 0 bridgehead atoms. The Bertz CT molecular complexity index is 1260. The Labute approximate surface area is 209 Å². The molecular weight excluding hydrogens is 461 g/mol. The zero-order chi connectivity index (χ0) is 24.4. The van der Waals surface area contributed by atoms with Crippen molar-refractivity contribution in [3.63, 3.8) is 0 Å². The number of halogens is 1. The van der Waals surface area contributed by atoms with Gasteiger partial charge in [-0.25, -0.2) is 4.39 Å². The Balaban J connectivity index is 1.47. The smallest absolute Gasteiger partial charge is 0.259 e. The van der Waals surface area contributed by atoms with Crippen LogP contribution < -0.4 is 15.1 Å². The Morgan fingerprint density at radius 2 is 1.91 bits per heavy atom. The molecule has 35 heavy (non-hydrogen) atoms. The van der Waals surface area contributed by atoms with E-state index in [1.54, 1.807) is 41.3 Å². The van der Waals surface area contributed by atoms with Crippen LogP contribution in [-0.2, 0) is 6.54 Å². The fraction of sp³-hybridized carbons (Fsp3) is 0.286. The Morgan fingerprint density at radius 3 is 2.74 bits per heavy atom. The number of quaternary nitrogens is 1. The summed E-state index contributed by atoms with van der Waals surface area (Å²) in [7, 11) is 0. The maximum Gasteiger partial charge on any atom is 0.259 e. The Morgan fingerprint density at radius 1 is 1.11 bits per heavy atom. The molecular formula is C28H29FN3O2S+. The SMILES string of the molecule is CC[NH+]1CCCC1CNC(=O)c1ccc2c(c1)N(Cc1ccccc1F)C(=O)c1ccccc1S2. The van der Waals surface area contributed by atoms with Crippen molar-refractivity contribution in [2.45, 2.75) is 42.1 Å². The van der Waals surface area contributed by atoms with Crippen molar-refractivity contribution in [1.29, 1.82) is 0 Å². The van der Waals surface area contributed by atoms with E-state index >= 15 is 0 Å². The van der Waals surface area contributed by atoms with Crippen molar-refractivity contribution < 1.29 is 18.9 Å². The number of fused-ring (bicyclic) bond motifs is 2. The molecule has 5 nitrogen and oxygen atoms in total. The molecule has 3 aromatic rings. The van der Waals surface area contributed by atoms with Gasteiger partial charge in [0.25, 0.3) is 11.8 Å². The first-order valence-corrected chi connectivity index (χ1v) is 13.0. The molecule has 2 amide bonds. The van der Waals surface area contributed by atoms with Gasteiger partial charge in [0.15, 0.2) is 0 Å². The number of likely N-dealkylation sites (N-methyl/N-ethyl adjacent to an activating group) is 1. The predicted octanol–water partition coefficient (Wildman–Crippen LogP) is 3.93. The van der Waals surface area contributed by atoms with E-state index in [0.29, 0.717) is 35.0 Å². The molecule has 2 heterocycles. The van der Waals surface area contributed by atoms with E-state index < -0.39 is 0 Å². The highest BCUT2D eigenvalue weighted by atomic mass is 32.2. The van der Waals surface area contributed by atoms with Gasteiger partial charge in [-0.3, -0.25) is 9.59 Å². The first-order valence-electron chi connectivity index (χ1n) is 12.1. The van der Waals surface area contributed by atoms with E-state index in [2.05, 4.69) is 12.2 Å². The number of hydrogen-bond donors (Lipinski definition) is 2. The van der Waals surface area contributed by atoms with Crippen LogP contribution in [0.1, 0.15) is 46.0 Å². The fourth-order valence-electron chi connectivity index (χ4n) is 5.03. The molecule has 1 saturated heterocycles. The monoisotopic (exact) mass is 490 g/mol. The molecule has 2 aliphatic heterocycles. The van der Waals surface area contributed by atoms with Crippen LogP contribution in [0.4, 0.5) is 10.1 Å². The van der Waals surface area contributed by atoms with E-state index in [1.165, 1.54) is 29.1 Å². The minimum absolute atomic E-state index is 0.0787. The summed E-state index contributed by atoms with van der Waals surface area (Å²) in [4.78, 5) is 31.6. The normalized spacial score (nSPS) is 19.1. The summed E-state index contributed by atoms with van der Waals surface area (Å²) < 4.78 is 14.6.